The molecule has 2 rings (SSSR count). The van der Waals surface area contributed by atoms with Crippen molar-refractivity contribution in [2.24, 2.45) is 0 Å². The Bertz CT molecular complexity index is 418. The van der Waals surface area contributed by atoms with Crippen molar-refractivity contribution in [2.75, 3.05) is 6.61 Å². The smallest absolute Gasteiger partial charge is 0.422 e. The number of ether oxygens (including phenoxy) is 1. The van der Waals surface area contributed by atoms with E-state index in [9.17, 15) is 17.6 Å². The Kier molecular flexibility index (Phi) is 3.70. The van der Waals surface area contributed by atoms with E-state index >= 15 is 0 Å². The van der Waals surface area contributed by atoms with Gasteiger partial charge in [-0.05, 0) is 18.9 Å². The SMILES string of the molecule is Fc1cnc(OCC(F)(F)F)c(CNC2CC2)c1. The van der Waals surface area contributed by atoms with Gasteiger partial charge in [0.1, 0.15) is 5.82 Å². The summed E-state index contributed by atoms with van der Waals surface area (Å²) in [5, 5.41) is 3.07. The molecule has 1 N–H and O–H groups in total. The molecular formula is C11H12F4N2O. The van der Waals surface area contributed by atoms with Gasteiger partial charge in [-0.25, -0.2) is 9.37 Å². The number of nitrogens with zero attached hydrogens (tertiary/aromatic N) is 1. The van der Waals surface area contributed by atoms with Crippen LogP contribution in [0.4, 0.5) is 17.6 Å². The zero-order valence-electron chi connectivity index (χ0n) is 9.43. The van der Waals surface area contributed by atoms with Crippen LogP contribution in [0.3, 0.4) is 0 Å². The monoisotopic (exact) mass is 264 g/mol. The highest BCUT2D eigenvalue weighted by molar-refractivity contribution is 5.26. The Balaban J connectivity index is 2.01. The number of pyridine rings is 1. The van der Waals surface area contributed by atoms with E-state index in [4.69, 9.17) is 0 Å². The fourth-order valence-corrected chi connectivity index (χ4v) is 1.42. The number of hydrogen-bond acceptors (Lipinski definition) is 3. The quantitative estimate of drug-likeness (QED) is 0.829. The molecule has 0 spiro atoms. The Labute approximate surface area is 101 Å². The van der Waals surface area contributed by atoms with Crippen molar-refractivity contribution in [3.8, 4) is 5.88 Å². The summed E-state index contributed by atoms with van der Waals surface area (Å²) in [5.41, 5.74) is 0.297. The molecule has 1 saturated carbocycles. The number of rotatable bonds is 5. The molecule has 1 aromatic rings. The molecule has 1 aromatic heterocycles. The van der Waals surface area contributed by atoms with Crippen molar-refractivity contribution in [2.45, 2.75) is 31.6 Å². The zero-order chi connectivity index (χ0) is 13.2. The Hall–Kier alpha value is -1.37. The first-order valence-corrected chi connectivity index (χ1v) is 5.51. The summed E-state index contributed by atoms with van der Waals surface area (Å²) in [6, 6.07) is 1.50. The third-order valence-corrected chi connectivity index (χ3v) is 2.42. The molecule has 3 nitrogen and oxygen atoms in total. The maximum absolute atomic E-state index is 13.0. The summed E-state index contributed by atoms with van der Waals surface area (Å²) in [4.78, 5) is 3.54. The molecule has 1 heterocycles. The molecule has 0 aliphatic heterocycles. The topological polar surface area (TPSA) is 34.1 Å². The predicted molar refractivity (Wildman–Crippen MR) is 55.6 cm³/mol. The van der Waals surface area contributed by atoms with Gasteiger partial charge in [-0.15, -0.1) is 0 Å². The number of alkyl halides is 3. The van der Waals surface area contributed by atoms with Crippen LogP contribution in [-0.4, -0.2) is 23.8 Å². The summed E-state index contributed by atoms with van der Waals surface area (Å²) < 4.78 is 53.7. The fraction of sp³-hybridized carbons (Fsp3) is 0.545. The van der Waals surface area contributed by atoms with E-state index in [1.54, 1.807) is 0 Å². The molecule has 0 radical (unpaired) electrons. The standard InChI is InChI=1S/C11H12F4N2O/c12-8-3-7(4-16-9-1-2-9)10(17-5-8)18-6-11(13,14)15/h3,5,9,16H,1-2,4,6H2. The van der Waals surface area contributed by atoms with Gasteiger partial charge in [0.25, 0.3) is 0 Å². The average Bonchev–Trinajstić information content (AvgIpc) is 3.07. The maximum Gasteiger partial charge on any atom is 0.422 e. The first-order chi connectivity index (χ1) is 8.44. The largest absolute Gasteiger partial charge is 0.468 e. The van der Waals surface area contributed by atoms with Crippen molar-refractivity contribution in [3.05, 3.63) is 23.6 Å². The van der Waals surface area contributed by atoms with Crippen LogP contribution >= 0.6 is 0 Å². The number of halogens is 4. The van der Waals surface area contributed by atoms with Crippen LogP contribution in [0.1, 0.15) is 18.4 Å². The summed E-state index contributed by atoms with van der Waals surface area (Å²) in [7, 11) is 0. The molecule has 100 valence electrons. The van der Waals surface area contributed by atoms with Crippen LogP contribution in [0.2, 0.25) is 0 Å². The molecule has 1 aliphatic carbocycles. The second-order valence-corrected chi connectivity index (χ2v) is 4.18. The molecule has 1 aliphatic rings. The lowest BCUT2D eigenvalue weighted by Gasteiger charge is -2.12. The Morgan fingerprint density at radius 3 is 2.72 bits per heavy atom. The highest BCUT2D eigenvalue weighted by Gasteiger charge is 2.29. The minimum absolute atomic E-state index is 0.179. The predicted octanol–water partition coefficient (Wildman–Crippen LogP) is 2.41. The summed E-state index contributed by atoms with van der Waals surface area (Å²) >= 11 is 0. The average molecular weight is 264 g/mol. The van der Waals surface area contributed by atoms with E-state index in [1.165, 1.54) is 0 Å². The maximum atomic E-state index is 13.0. The normalized spacial score (nSPS) is 15.8. The van der Waals surface area contributed by atoms with Gasteiger partial charge in [0.15, 0.2) is 6.61 Å². The summed E-state index contributed by atoms with van der Waals surface area (Å²) in [6.45, 7) is -1.18. The van der Waals surface area contributed by atoms with Gasteiger partial charge in [-0.1, -0.05) is 0 Å². The second-order valence-electron chi connectivity index (χ2n) is 4.18. The first kappa shape index (κ1) is 13.1. The van der Waals surface area contributed by atoms with Crippen molar-refractivity contribution < 1.29 is 22.3 Å². The lowest BCUT2D eigenvalue weighted by molar-refractivity contribution is -0.154. The number of hydrogen-bond donors (Lipinski definition) is 1. The van der Waals surface area contributed by atoms with Crippen LogP contribution in [0.15, 0.2) is 12.3 Å². The zero-order valence-corrected chi connectivity index (χ0v) is 9.43. The fourth-order valence-electron chi connectivity index (χ4n) is 1.42. The highest BCUT2D eigenvalue weighted by atomic mass is 19.4. The van der Waals surface area contributed by atoms with Gasteiger partial charge in [0.2, 0.25) is 5.88 Å². The third kappa shape index (κ3) is 4.14. The lowest BCUT2D eigenvalue weighted by atomic mass is 10.2. The van der Waals surface area contributed by atoms with Crippen LogP contribution in [0.25, 0.3) is 0 Å². The molecule has 7 heteroatoms. The molecule has 0 bridgehead atoms. The van der Waals surface area contributed by atoms with Gasteiger partial charge in [0.05, 0.1) is 6.20 Å². The lowest BCUT2D eigenvalue weighted by Crippen LogP contribution is -2.22. The van der Waals surface area contributed by atoms with Crippen LogP contribution in [0.5, 0.6) is 5.88 Å². The van der Waals surface area contributed by atoms with Crippen LogP contribution < -0.4 is 10.1 Å². The van der Waals surface area contributed by atoms with E-state index in [1.807, 2.05) is 0 Å². The molecule has 0 unspecified atom stereocenters. The van der Waals surface area contributed by atoms with Crippen LogP contribution in [-0.2, 0) is 6.54 Å². The van der Waals surface area contributed by atoms with Crippen molar-refractivity contribution >= 4 is 0 Å². The summed E-state index contributed by atoms with van der Waals surface area (Å²) in [5.74, 6) is -0.774. The minimum atomic E-state index is -4.43. The van der Waals surface area contributed by atoms with E-state index in [-0.39, 0.29) is 12.4 Å². The van der Waals surface area contributed by atoms with Gasteiger partial charge in [-0.2, -0.15) is 13.2 Å². The first-order valence-electron chi connectivity index (χ1n) is 5.51. The molecule has 0 amide bonds. The highest BCUT2D eigenvalue weighted by Crippen LogP contribution is 2.23. The van der Waals surface area contributed by atoms with Crippen molar-refractivity contribution in [1.29, 1.82) is 0 Å². The van der Waals surface area contributed by atoms with Gasteiger partial charge < -0.3 is 10.1 Å². The Morgan fingerprint density at radius 1 is 1.39 bits per heavy atom. The third-order valence-electron chi connectivity index (χ3n) is 2.42. The molecular weight excluding hydrogens is 252 g/mol. The molecule has 1 fully saturated rings. The van der Waals surface area contributed by atoms with Crippen molar-refractivity contribution in [3.63, 3.8) is 0 Å². The van der Waals surface area contributed by atoms with E-state index in [0.717, 1.165) is 25.1 Å². The van der Waals surface area contributed by atoms with Crippen LogP contribution in [0, 0.1) is 5.82 Å². The van der Waals surface area contributed by atoms with E-state index < -0.39 is 18.6 Å². The van der Waals surface area contributed by atoms with Gasteiger partial charge in [0, 0.05) is 18.2 Å². The van der Waals surface area contributed by atoms with Crippen molar-refractivity contribution in [1.82, 2.24) is 10.3 Å². The van der Waals surface area contributed by atoms with Gasteiger partial charge >= 0.3 is 6.18 Å². The summed E-state index contributed by atoms with van der Waals surface area (Å²) in [6.07, 6.45) is -1.54. The number of aromatic nitrogens is 1. The molecule has 0 aromatic carbocycles. The number of nitrogens with one attached hydrogen (secondary N) is 1. The van der Waals surface area contributed by atoms with E-state index in [2.05, 4.69) is 15.0 Å². The molecule has 0 saturated heterocycles. The second kappa shape index (κ2) is 5.09. The molecule has 0 atom stereocenters. The Morgan fingerprint density at radius 2 is 2.11 bits per heavy atom. The van der Waals surface area contributed by atoms with E-state index in [0.29, 0.717) is 11.6 Å². The minimum Gasteiger partial charge on any atom is -0.468 e. The van der Waals surface area contributed by atoms with Gasteiger partial charge in [-0.3, -0.25) is 0 Å². The molecule has 18 heavy (non-hydrogen) atoms.